The third-order valence-electron chi connectivity index (χ3n) is 4.40. The predicted molar refractivity (Wildman–Crippen MR) is 86.4 cm³/mol. The first-order valence-corrected chi connectivity index (χ1v) is 7.49. The van der Waals surface area contributed by atoms with Crippen LogP contribution in [0.1, 0.15) is 16.8 Å². The highest BCUT2D eigenvalue weighted by Gasteiger charge is 2.58. The molecule has 0 amide bonds. The van der Waals surface area contributed by atoms with E-state index >= 15 is 0 Å². The number of halogens is 3. The molecule has 1 aromatic heterocycles. The van der Waals surface area contributed by atoms with Gasteiger partial charge in [0.15, 0.2) is 0 Å². The molecule has 124 valence electrons. The summed E-state index contributed by atoms with van der Waals surface area (Å²) in [5.41, 5.74) is -1.63. The van der Waals surface area contributed by atoms with E-state index in [1.807, 2.05) is 6.07 Å². The van der Waals surface area contributed by atoms with Crippen molar-refractivity contribution >= 4 is 16.5 Å². The molecule has 3 nitrogen and oxygen atoms in total. The van der Waals surface area contributed by atoms with Crippen molar-refractivity contribution in [3.63, 3.8) is 0 Å². The minimum atomic E-state index is -4.91. The number of nitriles is 1. The summed E-state index contributed by atoms with van der Waals surface area (Å²) in [5, 5.41) is 20.1. The maximum absolute atomic E-state index is 13.7. The van der Waals surface area contributed by atoms with Crippen LogP contribution in [0.25, 0.3) is 16.5 Å². The molecule has 2 heterocycles. The normalized spacial score (nSPS) is 19.6. The Kier molecular flexibility index (Phi) is 3.08. The van der Waals surface area contributed by atoms with Crippen molar-refractivity contribution in [3.05, 3.63) is 77.5 Å². The lowest BCUT2D eigenvalue weighted by molar-refractivity contribution is -0.272. The molecule has 0 spiro atoms. The van der Waals surface area contributed by atoms with E-state index in [0.29, 0.717) is 16.5 Å². The molecule has 1 atom stereocenters. The predicted octanol–water partition coefficient (Wildman–Crippen LogP) is 4.17. The van der Waals surface area contributed by atoms with Gasteiger partial charge in [0.2, 0.25) is 0 Å². The molecule has 0 fully saturated rings. The minimum Gasteiger partial charge on any atom is -0.360 e. The van der Waals surface area contributed by atoms with Crippen molar-refractivity contribution in [3.8, 4) is 6.07 Å². The van der Waals surface area contributed by atoms with Crippen LogP contribution in [0.2, 0.25) is 0 Å². The van der Waals surface area contributed by atoms with Gasteiger partial charge >= 0.3 is 6.18 Å². The average molecular weight is 340 g/mol. The highest BCUT2D eigenvalue weighted by atomic mass is 19.4. The van der Waals surface area contributed by atoms with Crippen LogP contribution < -0.4 is 0 Å². The van der Waals surface area contributed by atoms with E-state index in [9.17, 15) is 18.3 Å². The molecule has 0 saturated heterocycles. The molecule has 1 unspecified atom stereocenters. The van der Waals surface area contributed by atoms with Gasteiger partial charge in [-0.2, -0.15) is 18.4 Å². The van der Waals surface area contributed by atoms with Crippen molar-refractivity contribution in [1.82, 2.24) is 4.57 Å². The number of aliphatic hydroxyl groups is 1. The molecule has 0 bridgehead atoms. The summed E-state index contributed by atoms with van der Waals surface area (Å²) in [5.74, 6) is 0. The van der Waals surface area contributed by atoms with Gasteiger partial charge in [-0.1, -0.05) is 36.4 Å². The number of benzene rings is 2. The first-order valence-electron chi connectivity index (χ1n) is 7.49. The zero-order chi connectivity index (χ0) is 17.8. The van der Waals surface area contributed by atoms with Crippen LogP contribution in [-0.4, -0.2) is 15.8 Å². The van der Waals surface area contributed by atoms with Crippen molar-refractivity contribution < 1.29 is 18.3 Å². The van der Waals surface area contributed by atoms with E-state index in [2.05, 4.69) is 0 Å². The SMILES string of the molecule is N#Cc1ccc2cc3n(c2c1)C(O)(C(F)(F)F)C=C3c1ccccc1. The van der Waals surface area contributed by atoms with Gasteiger partial charge < -0.3 is 9.67 Å². The van der Waals surface area contributed by atoms with Gasteiger partial charge in [-0.25, -0.2) is 0 Å². The third-order valence-corrected chi connectivity index (χ3v) is 4.40. The summed E-state index contributed by atoms with van der Waals surface area (Å²) >= 11 is 0. The average Bonchev–Trinajstić information content (AvgIpc) is 3.11. The van der Waals surface area contributed by atoms with Gasteiger partial charge in [0.25, 0.3) is 5.72 Å². The Morgan fingerprint density at radius 1 is 1.04 bits per heavy atom. The number of aromatic nitrogens is 1. The molecular formula is C19H11F3N2O. The second kappa shape index (κ2) is 4.98. The summed E-state index contributed by atoms with van der Waals surface area (Å²) in [7, 11) is 0. The van der Waals surface area contributed by atoms with Crippen LogP contribution >= 0.6 is 0 Å². The van der Waals surface area contributed by atoms with Crippen LogP contribution in [0.5, 0.6) is 0 Å². The maximum Gasteiger partial charge on any atom is 0.441 e. The lowest BCUT2D eigenvalue weighted by Crippen LogP contribution is -2.44. The van der Waals surface area contributed by atoms with Gasteiger partial charge in [-0.05, 0) is 29.8 Å². The highest BCUT2D eigenvalue weighted by Crippen LogP contribution is 2.48. The quantitative estimate of drug-likeness (QED) is 0.723. The molecule has 3 aromatic rings. The minimum absolute atomic E-state index is 0.163. The Morgan fingerprint density at radius 3 is 2.40 bits per heavy atom. The molecule has 1 aliphatic rings. The Labute approximate surface area is 140 Å². The fourth-order valence-electron chi connectivity index (χ4n) is 3.23. The van der Waals surface area contributed by atoms with Gasteiger partial charge in [0, 0.05) is 11.0 Å². The van der Waals surface area contributed by atoms with E-state index in [1.54, 1.807) is 42.5 Å². The first-order chi connectivity index (χ1) is 11.8. The van der Waals surface area contributed by atoms with E-state index in [4.69, 9.17) is 5.26 Å². The number of rotatable bonds is 1. The van der Waals surface area contributed by atoms with E-state index in [-0.39, 0.29) is 16.8 Å². The molecule has 6 heteroatoms. The Morgan fingerprint density at radius 2 is 1.76 bits per heavy atom. The Balaban J connectivity index is 2.08. The molecular weight excluding hydrogens is 329 g/mol. The van der Waals surface area contributed by atoms with Crippen LogP contribution in [0.15, 0.2) is 60.7 Å². The smallest absolute Gasteiger partial charge is 0.360 e. The number of fused-ring (bicyclic) bond motifs is 3. The maximum atomic E-state index is 13.7. The van der Waals surface area contributed by atoms with E-state index < -0.39 is 11.9 Å². The molecule has 0 radical (unpaired) electrons. The molecule has 0 saturated carbocycles. The lowest BCUT2D eigenvalue weighted by atomic mass is 10.0. The van der Waals surface area contributed by atoms with Crippen LogP contribution in [0, 0.1) is 11.3 Å². The van der Waals surface area contributed by atoms with Crippen LogP contribution in [0.4, 0.5) is 13.2 Å². The molecule has 25 heavy (non-hydrogen) atoms. The van der Waals surface area contributed by atoms with Crippen LogP contribution in [0.3, 0.4) is 0 Å². The van der Waals surface area contributed by atoms with Crippen molar-refractivity contribution in [1.29, 1.82) is 5.26 Å². The Hall–Kier alpha value is -3.04. The van der Waals surface area contributed by atoms with Crippen molar-refractivity contribution in [2.24, 2.45) is 0 Å². The van der Waals surface area contributed by atoms with Gasteiger partial charge in [-0.15, -0.1) is 0 Å². The third kappa shape index (κ3) is 2.10. The second-order valence-electron chi connectivity index (χ2n) is 5.90. The first kappa shape index (κ1) is 15.5. The molecule has 1 aliphatic heterocycles. The fourth-order valence-corrected chi connectivity index (χ4v) is 3.23. The topological polar surface area (TPSA) is 49.0 Å². The molecule has 1 N–H and O–H groups in total. The monoisotopic (exact) mass is 340 g/mol. The summed E-state index contributed by atoms with van der Waals surface area (Å²) < 4.78 is 42.0. The largest absolute Gasteiger partial charge is 0.441 e. The summed E-state index contributed by atoms with van der Waals surface area (Å²) in [6, 6.07) is 16.6. The van der Waals surface area contributed by atoms with E-state index in [0.717, 1.165) is 10.6 Å². The zero-order valence-electron chi connectivity index (χ0n) is 12.7. The zero-order valence-corrected chi connectivity index (χ0v) is 12.7. The Bertz CT molecular complexity index is 1060. The van der Waals surface area contributed by atoms with E-state index in [1.165, 1.54) is 12.1 Å². The van der Waals surface area contributed by atoms with Gasteiger partial charge in [-0.3, -0.25) is 0 Å². The van der Waals surface area contributed by atoms with Crippen LogP contribution in [-0.2, 0) is 5.72 Å². The standard InChI is InChI=1S/C19H11F3N2O/c20-19(21,22)18(25)10-15(13-4-2-1-3-5-13)17-9-14-7-6-12(11-23)8-16(14)24(17)18/h1-10,25H. The lowest BCUT2D eigenvalue weighted by Gasteiger charge is -2.27. The summed E-state index contributed by atoms with van der Waals surface area (Å²) in [4.78, 5) is 0. The molecule has 4 rings (SSSR count). The number of hydrogen-bond donors (Lipinski definition) is 1. The molecule has 0 aliphatic carbocycles. The summed E-state index contributed by atoms with van der Waals surface area (Å²) in [6.45, 7) is 0. The number of nitrogens with zero attached hydrogens (tertiary/aromatic N) is 2. The number of hydrogen-bond acceptors (Lipinski definition) is 2. The van der Waals surface area contributed by atoms with Gasteiger partial charge in [0.1, 0.15) is 0 Å². The number of alkyl halides is 3. The molecule has 2 aromatic carbocycles. The summed E-state index contributed by atoms with van der Waals surface area (Å²) in [6.07, 6.45) is -4.08. The van der Waals surface area contributed by atoms with Gasteiger partial charge in [0.05, 0.1) is 22.8 Å². The highest BCUT2D eigenvalue weighted by molar-refractivity contribution is 5.93. The van der Waals surface area contributed by atoms with Crippen molar-refractivity contribution in [2.75, 3.05) is 0 Å². The fraction of sp³-hybridized carbons (Fsp3) is 0.105. The van der Waals surface area contributed by atoms with Crippen molar-refractivity contribution in [2.45, 2.75) is 11.9 Å². The second-order valence-corrected chi connectivity index (χ2v) is 5.90.